The number of thiophene rings is 1. The zero-order valence-electron chi connectivity index (χ0n) is 19.4. The number of hydrogen-bond acceptors (Lipinski definition) is 6. The predicted molar refractivity (Wildman–Crippen MR) is 136 cm³/mol. The zero-order chi connectivity index (χ0) is 26.8. The molecule has 5 aromatic rings. The molecule has 1 N–H and O–H groups in total. The van der Waals surface area contributed by atoms with Crippen molar-refractivity contribution in [2.45, 2.75) is 38.2 Å². The van der Waals surface area contributed by atoms with Crippen LogP contribution in [0.3, 0.4) is 0 Å². The van der Waals surface area contributed by atoms with Gasteiger partial charge in [-0.05, 0) is 48.1 Å². The van der Waals surface area contributed by atoms with Gasteiger partial charge < -0.3 is 5.11 Å². The fourth-order valence-corrected chi connectivity index (χ4v) is 5.80. The lowest BCUT2D eigenvalue weighted by Crippen LogP contribution is -2.24. The van der Waals surface area contributed by atoms with E-state index in [1.165, 1.54) is 22.9 Å². The molecule has 0 spiro atoms. The Balaban J connectivity index is 1.61. The molecule has 1 aromatic carbocycles. The number of phenols is 1. The van der Waals surface area contributed by atoms with Crippen LogP contribution in [-0.2, 0) is 19.4 Å². The third kappa shape index (κ3) is 4.19. The fraction of sp³-hybridized carbons (Fsp3) is 0.231. The molecule has 0 amide bonds. The number of nitrogens with zero attached hydrogens (tertiary/aromatic N) is 4. The van der Waals surface area contributed by atoms with Gasteiger partial charge in [-0.15, -0.1) is 11.3 Å². The highest BCUT2D eigenvalue weighted by atomic mass is 35.5. The van der Waals surface area contributed by atoms with E-state index in [1.54, 1.807) is 12.1 Å². The normalized spacial score (nSPS) is 14.0. The molecule has 1 aliphatic rings. The third-order valence-electron chi connectivity index (χ3n) is 6.50. The molecular weight excluding hydrogens is 544 g/mol. The summed E-state index contributed by atoms with van der Waals surface area (Å²) in [4.78, 5) is 27.1. The number of fused-ring (bicyclic) bond motifs is 3. The second kappa shape index (κ2) is 9.02. The Morgan fingerprint density at radius 1 is 1.11 bits per heavy atom. The molecule has 194 valence electrons. The Bertz CT molecular complexity index is 1780. The lowest BCUT2D eigenvalue weighted by Gasteiger charge is -2.16. The maximum atomic E-state index is 14.0. The van der Waals surface area contributed by atoms with Crippen LogP contribution >= 0.6 is 22.9 Å². The molecule has 0 saturated heterocycles. The van der Waals surface area contributed by atoms with Crippen molar-refractivity contribution in [3.05, 3.63) is 80.5 Å². The second-order valence-corrected chi connectivity index (χ2v) is 10.5. The average molecular weight is 561 g/mol. The number of phenolic OH excluding ortho intramolecular Hbond substituents is 1. The van der Waals surface area contributed by atoms with Crippen molar-refractivity contribution in [1.82, 2.24) is 19.5 Å². The van der Waals surface area contributed by atoms with E-state index in [0.29, 0.717) is 31.7 Å². The summed E-state index contributed by atoms with van der Waals surface area (Å²) >= 11 is 7.18. The van der Waals surface area contributed by atoms with Crippen molar-refractivity contribution in [2.75, 3.05) is 0 Å². The van der Waals surface area contributed by atoms with Gasteiger partial charge in [0.15, 0.2) is 11.6 Å². The van der Waals surface area contributed by atoms with Gasteiger partial charge in [0.25, 0.3) is 5.56 Å². The topological polar surface area (TPSA) is 80.9 Å². The van der Waals surface area contributed by atoms with E-state index in [0.717, 1.165) is 42.0 Å². The van der Waals surface area contributed by atoms with Crippen LogP contribution in [0, 0.1) is 0 Å². The summed E-state index contributed by atoms with van der Waals surface area (Å²) in [5.41, 5.74) is 0.412. The molecule has 1 saturated carbocycles. The number of pyridine rings is 2. The van der Waals surface area contributed by atoms with Crippen molar-refractivity contribution in [3.63, 3.8) is 0 Å². The SMILES string of the molecule is O=c1c2c(nc(-c3ncc(CF)cc3C3CC3)n1Cc1ccc(C(F)(F)F)nc1)sc1c(O)c(Cl)ccc12. The van der Waals surface area contributed by atoms with Crippen LogP contribution in [0.5, 0.6) is 5.75 Å². The van der Waals surface area contributed by atoms with E-state index in [1.807, 2.05) is 0 Å². The van der Waals surface area contributed by atoms with Gasteiger partial charge in [0, 0.05) is 23.3 Å². The highest BCUT2D eigenvalue weighted by Crippen LogP contribution is 2.45. The van der Waals surface area contributed by atoms with Crippen LogP contribution in [0.2, 0.25) is 5.02 Å². The first-order valence-corrected chi connectivity index (χ1v) is 12.8. The minimum absolute atomic E-state index is 0.125. The lowest BCUT2D eigenvalue weighted by atomic mass is 10.1. The number of alkyl halides is 4. The van der Waals surface area contributed by atoms with E-state index >= 15 is 0 Å². The molecule has 0 radical (unpaired) electrons. The number of aromatic hydroxyl groups is 1. The Labute approximate surface area is 221 Å². The third-order valence-corrected chi connectivity index (χ3v) is 7.91. The minimum Gasteiger partial charge on any atom is -0.505 e. The quantitative estimate of drug-likeness (QED) is 0.238. The van der Waals surface area contributed by atoms with Gasteiger partial charge in [-0.3, -0.25) is 19.3 Å². The molecule has 1 aliphatic carbocycles. The number of benzene rings is 1. The summed E-state index contributed by atoms with van der Waals surface area (Å²) in [5, 5.41) is 11.3. The van der Waals surface area contributed by atoms with E-state index < -0.39 is 24.1 Å². The second-order valence-electron chi connectivity index (χ2n) is 9.12. The van der Waals surface area contributed by atoms with Gasteiger partial charge in [-0.2, -0.15) is 13.2 Å². The Hall–Kier alpha value is -3.57. The van der Waals surface area contributed by atoms with Gasteiger partial charge in [-0.1, -0.05) is 23.7 Å². The molecule has 0 unspecified atom stereocenters. The maximum absolute atomic E-state index is 14.0. The molecule has 4 aromatic heterocycles. The summed E-state index contributed by atoms with van der Waals surface area (Å²) in [6.45, 7) is -0.824. The van der Waals surface area contributed by atoms with Gasteiger partial charge >= 0.3 is 6.18 Å². The van der Waals surface area contributed by atoms with Gasteiger partial charge in [0.05, 0.1) is 21.7 Å². The zero-order valence-corrected chi connectivity index (χ0v) is 21.0. The van der Waals surface area contributed by atoms with Crippen molar-refractivity contribution in [2.24, 2.45) is 0 Å². The van der Waals surface area contributed by atoms with Crippen LogP contribution < -0.4 is 5.56 Å². The molecule has 12 heteroatoms. The number of rotatable bonds is 5. The molecule has 1 fully saturated rings. The van der Waals surface area contributed by atoms with Crippen LogP contribution in [0.25, 0.3) is 31.8 Å². The summed E-state index contributed by atoms with van der Waals surface area (Å²) in [6.07, 6.45) is -0.370. The largest absolute Gasteiger partial charge is 0.505 e. The van der Waals surface area contributed by atoms with Crippen molar-refractivity contribution < 1.29 is 22.7 Å². The molecule has 0 bridgehead atoms. The smallest absolute Gasteiger partial charge is 0.433 e. The first-order valence-electron chi connectivity index (χ1n) is 11.6. The number of aromatic nitrogens is 4. The maximum Gasteiger partial charge on any atom is 0.433 e. The fourth-order valence-electron chi connectivity index (χ4n) is 4.47. The summed E-state index contributed by atoms with van der Waals surface area (Å²) in [7, 11) is 0. The predicted octanol–water partition coefficient (Wildman–Crippen LogP) is 6.84. The molecule has 38 heavy (non-hydrogen) atoms. The molecule has 6 rings (SSSR count). The van der Waals surface area contributed by atoms with Gasteiger partial charge in [0.1, 0.15) is 22.9 Å². The van der Waals surface area contributed by atoms with Gasteiger partial charge in [-0.25, -0.2) is 9.37 Å². The highest BCUT2D eigenvalue weighted by molar-refractivity contribution is 7.25. The van der Waals surface area contributed by atoms with Crippen LogP contribution in [0.4, 0.5) is 17.6 Å². The van der Waals surface area contributed by atoms with Crippen molar-refractivity contribution in [3.8, 4) is 17.3 Å². The average Bonchev–Trinajstić information content (AvgIpc) is 3.67. The number of hydrogen-bond donors (Lipinski definition) is 1. The Morgan fingerprint density at radius 2 is 1.87 bits per heavy atom. The highest BCUT2D eigenvalue weighted by Gasteiger charge is 2.33. The van der Waals surface area contributed by atoms with E-state index in [4.69, 9.17) is 16.6 Å². The molecule has 0 aliphatic heterocycles. The molecule has 6 nitrogen and oxygen atoms in total. The standard InChI is InChI=1S/C26H17ClF4N4O2S/c27-17-5-4-15-19-24(38-22(15)21(17)36)34-23(20-16(14-2-3-14)7-13(8-28)10-33-20)35(25(19)37)11-12-1-6-18(32-9-12)26(29,30)31/h1,4-7,9-10,14,36H,2-3,8,11H2. The minimum atomic E-state index is -4.60. The van der Waals surface area contributed by atoms with Crippen molar-refractivity contribution >= 4 is 43.2 Å². The van der Waals surface area contributed by atoms with Crippen LogP contribution in [0.15, 0.2) is 47.5 Å². The van der Waals surface area contributed by atoms with E-state index in [-0.39, 0.29) is 34.4 Å². The van der Waals surface area contributed by atoms with Crippen molar-refractivity contribution in [1.29, 1.82) is 0 Å². The summed E-state index contributed by atoms with van der Waals surface area (Å²) < 4.78 is 54.3. The first-order chi connectivity index (χ1) is 18.2. The first kappa shape index (κ1) is 24.7. The lowest BCUT2D eigenvalue weighted by molar-refractivity contribution is -0.141. The summed E-state index contributed by atoms with van der Waals surface area (Å²) in [5.74, 6) is 0.172. The molecule has 0 atom stereocenters. The van der Waals surface area contributed by atoms with Crippen LogP contribution in [-0.4, -0.2) is 24.6 Å². The van der Waals surface area contributed by atoms with E-state index in [2.05, 4.69) is 9.97 Å². The van der Waals surface area contributed by atoms with E-state index in [9.17, 15) is 27.5 Å². The molecular formula is C26H17ClF4N4O2S. The van der Waals surface area contributed by atoms with Gasteiger partial charge in [0.2, 0.25) is 0 Å². The molecule has 4 heterocycles. The monoisotopic (exact) mass is 560 g/mol. The Morgan fingerprint density at radius 3 is 2.53 bits per heavy atom. The summed E-state index contributed by atoms with van der Waals surface area (Å²) in [6, 6.07) is 6.93. The number of halogens is 5. The Kier molecular flexibility index (Phi) is 5.88. The van der Waals surface area contributed by atoms with Crippen LogP contribution in [0.1, 0.15) is 41.1 Å².